The van der Waals surface area contributed by atoms with Gasteiger partial charge in [-0.05, 0) is 108 Å². The van der Waals surface area contributed by atoms with Gasteiger partial charge >= 0.3 is 12.1 Å². The zero-order valence-corrected chi connectivity index (χ0v) is 36.8. The highest BCUT2D eigenvalue weighted by molar-refractivity contribution is 5.95. The van der Waals surface area contributed by atoms with Crippen molar-refractivity contribution in [2.45, 2.75) is 89.8 Å². The van der Waals surface area contributed by atoms with Gasteiger partial charge in [-0.25, -0.2) is 4.79 Å². The lowest BCUT2D eigenvalue weighted by Crippen LogP contribution is -2.50. The van der Waals surface area contributed by atoms with Gasteiger partial charge in [-0.3, -0.25) is 14.6 Å². The number of rotatable bonds is 24. The molecule has 1 saturated heterocycles. The maximum absolute atomic E-state index is 13.7. The number of hydrogen-bond acceptors (Lipinski definition) is 13. The van der Waals surface area contributed by atoms with Gasteiger partial charge in [0.25, 0.3) is 5.91 Å². The standard InChI is InChI=1S/C46H63N7O9/c1-34(36-12-11-15-39(33-36)61-26-9-7-6-8-25-58-28-30-60-31-29-59-27-18-40(54)57-5)48-42(55)37-13-10-14-38(32-37)50-46(19-23-53(24-20-46)44(56)62-45(2,3)4)43-49-41(51-52-43)35-16-21-47-22-17-35/h10-17,21-22,32-34,50H,6-9,18-20,23-31H2,1-5H3,(H,48,55)(H,49,51,52)/t34-/m1/s1. The molecule has 0 unspecified atom stereocenters. The number of aromatic amines is 1. The van der Waals surface area contributed by atoms with E-state index in [4.69, 9.17) is 23.7 Å². The van der Waals surface area contributed by atoms with E-state index in [-0.39, 0.29) is 30.4 Å². The number of ether oxygens (including phenoxy) is 6. The van der Waals surface area contributed by atoms with Gasteiger partial charge in [0.2, 0.25) is 0 Å². The van der Waals surface area contributed by atoms with Crippen molar-refractivity contribution in [2.24, 2.45) is 0 Å². The van der Waals surface area contributed by atoms with Gasteiger partial charge in [-0.1, -0.05) is 24.6 Å². The fourth-order valence-electron chi connectivity index (χ4n) is 6.84. The van der Waals surface area contributed by atoms with Crippen molar-refractivity contribution in [1.82, 2.24) is 30.4 Å². The molecule has 0 saturated carbocycles. The number of methoxy groups -OCH3 is 1. The molecule has 4 aromatic rings. The molecule has 1 aliphatic heterocycles. The maximum Gasteiger partial charge on any atom is 0.410 e. The third kappa shape index (κ3) is 15.4. The highest BCUT2D eigenvalue weighted by Crippen LogP contribution is 2.36. The van der Waals surface area contributed by atoms with Crippen molar-refractivity contribution in [3.05, 3.63) is 90.0 Å². The molecule has 62 heavy (non-hydrogen) atoms. The monoisotopic (exact) mass is 857 g/mol. The molecule has 2 amide bonds. The summed E-state index contributed by atoms with van der Waals surface area (Å²) in [5.74, 6) is 1.51. The van der Waals surface area contributed by atoms with E-state index in [1.165, 1.54) is 7.11 Å². The van der Waals surface area contributed by atoms with Crippen LogP contribution in [-0.2, 0) is 34.0 Å². The second kappa shape index (κ2) is 24.2. The van der Waals surface area contributed by atoms with E-state index in [2.05, 4.69) is 35.5 Å². The third-order valence-electron chi connectivity index (χ3n) is 10.3. The van der Waals surface area contributed by atoms with E-state index in [9.17, 15) is 14.4 Å². The van der Waals surface area contributed by atoms with Gasteiger partial charge in [-0.2, -0.15) is 0 Å². The van der Waals surface area contributed by atoms with E-state index < -0.39 is 11.1 Å². The minimum atomic E-state index is -0.711. The quantitative estimate of drug-likeness (QED) is 0.0473. The molecule has 3 heterocycles. The first-order chi connectivity index (χ1) is 29.9. The molecule has 0 spiro atoms. The summed E-state index contributed by atoms with van der Waals surface area (Å²) in [7, 11) is 1.36. The Morgan fingerprint density at radius 2 is 1.50 bits per heavy atom. The molecule has 336 valence electrons. The number of anilines is 1. The Morgan fingerprint density at radius 1 is 0.823 bits per heavy atom. The number of likely N-dealkylation sites (tertiary alicyclic amines) is 1. The number of aromatic nitrogens is 4. The van der Waals surface area contributed by atoms with Crippen molar-refractivity contribution >= 4 is 23.7 Å². The lowest BCUT2D eigenvalue weighted by molar-refractivity contribution is -0.141. The number of pyridine rings is 1. The Hall–Kier alpha value is -5.58. The molecule has 0 bridgehead atoms. The summed E-state index contributed by atoms with van der Waals surface area (Å²) in [6.45, 7) is 11.9. The molecule has 0 aliphatic carbocycles. The van der Waals surface area contributed by atoms with Crippen LogP contribution in [0, 0.1) is 0 Å². The fourth-order valence-corrected chi connectivity index (χ4v) is 6.84. The van der Waals surface area contributed by atoms with Crippen LogP contribution in [-0.4, -0.2) is 115 Å². The minimum Gasteiger partial charge on any atom is -0.494 e. The van der Waals surface area contributed by atoms with Crippen molar-refractivity contribution in [1.29, 1.82) is 0 Å². The van der Waals surface area contributed by atoms with E-state index in [0.29, 0.717) is 89.4 Å². The molecule has 2 aromatic carbocycles. The maximum atomic E-state index is 13.7. The predicted octanol–water partition coefficient (Wildman–Crippen LogP) is 7.25. The van der Waals surface area contributed by atoms with Gasteiger partial charge in [0.05, 0.1) is 59.2 Å². The van der Waals surface area contributed by atoms with Crippen molar-refractivity contribution in [2.75, 3.05) is 71.8 Å². The first-order valence-corrected chi connectivity index (χ1v) is 21.5. The first-order valence-electron chi connectivity index (χ1n) is 21.5. The molecule has 16 nitrogen and oxygen atoms in total. The van der Waals surface area contributed by atoms with Gasteiger partial charge in [0.1, 0.15) is 16.9 Å². The van der Waals surface area contributed by atoms with Crippen LogP contribution in [0.25, 0.3) is 11.4 Å². The lowest BCUT2D eigenvalue weighted by Gasteiger charge is -2.41. The third-order valence-corrected chi connectivity index (χ3v) is 10.3. The molecule has 1 atom stereocenters. The average molecular weight is 858 g/mol. The lowest BCUT2D eigenvalue weighted by atomic mass is 9.86. The van der Waals surface area contributed by atoms with Gasteiger partial charge in [-0.15, -0.1) is 10.2 Å². The van der Waals surface area contributed by atoms with Crippen molar-refractivity contribution < 1.29 is 42.8 Å². The summed E-state index contributed by atoms with van der Waals surface area (Å²) < 4.78 is 32.8. The number of amides is 2. The number of piperidine rings is 1. The Balaban J connectivity index is 1.06. The summed E-state index contributed by atoms with van der Waals surface area (Å²) in [6.07, 6.45) is 8.30. The van der Waals surface area contributed by atoms with Crippen LogP contribution >= 0.6 is 0 Å². The van der Waals surface area contributed by atoms with Crippen LogP contribution in [0.1, 0.15) is 100 Å². The van der Waals surface area contributed by atoms with E-state index in [0.717, 1.165) is 48.2 Å². The van der Waals surface area contributed by atoms with E-state index >= 15 is 0 Å². The number of nitrogens with zero attached hydrogens (tertiary/aromatic N) is 4. The minimum absolute atomic E-state index is 0.212. The average Bonchev–Trinajstić information content (AvgIpc) is 3.78. The van der Waals surface area contributed by atoms with Crippen LogP contribution in [0.4, 0.5) is 10.5 Å². The summed E-state index contributed by atoms with van der Waals surface area (Å²) in [5, 5.41) is 15.9. The topological polar surface area (TPSA) is 188 Å². The Labute approximate surface area is 364 Å². The van der Waals surface area contributed by atoms with Gasteiger partial charge in [0.15, 0.2) is 11.6 Å². The van der Waals surface area contributed by atoms with E-state index in [1.807, 2.05) is 82.3 Å². The van der Waals surface area contributed by atoms with Gasteiger partial charge in [0, 0.05) is 48.9 Å². The molecular weight excluding hydrogens is 795 g/mol. The second-order valence-electron chi connectivity index (χ2n) is 16.2. The molecule has 5 rings (SSSR count). The smallest absolute Gasteiger partial charge is 0.410 e. The van der Waals surface area contributed by atoms with Crippen LogP contribution in [0.15, 0.2) is 73.1 Å². The highest BCUT2D eigenvalue weighted by atomic mass is 16.6. The molecule has 1 aliphatic rings. The summed E-state index contributed by atoms with van der Waals surface area (Å²) in [5.41, 5.74) is 1.71. The van der Waals surface area contributed by atoms with Crippen LogP contribution < -0.4 is 15.4 Å². The van der Waals surface area contributed by atoms with E-state index in [1.54, 1.807) is 23.4 Å². The molecule has 1 fully saturated rings. The number of benzene rings is 2. The predicted molar refractivity (Wildman–Crippen MR) is 234 cm³/mol. The Morgan fingerprint density at radius 3 is 2.21 bits per heavy atom. The van der Waals surface area contributed by atoms with Crippen LogP contribution in [0.2, 0.25) is 0 Å². The zero-order chi connectivity index (χ0) is 44.2. The second-order valence-corrected chi connectivity index (χ2v) is 16.2. The number of carbonyl (C=O) groups is 3. The molecule has 2 aromatic heterocycles. The Bertz CT molecular complexity index is 1980. The SMILES string of the molecule is COC(=O)CCOCCOCCOCCCCCCOc1cccc([C@@H](C)NC(=O)c2cccc(NC3(c4nnc(-c5ccncc5)[nH]4)CCN(C(=O)OC(C)(C)C)CC3)c2)c1. The number of H-pyrrole nitrogens is 1. The number of unbranched alkanes of at least 4 members (excludes halogenated alkanes) is 3. The summed E-state index contributed by atoms with van der Waals surface area (Å²) >= 11 is 0. The molecular formula is C46H63N7O9. The highest BCUT2D eigenvalue weighted by Gasteiger charge is 2.41. The van der Waals surface area contributed by atoms with Crippen LogP contribution in [0.3, 0.4) is 0 Å². The number of esters is 1. The normalized spacial score (nSPS) is 14.2. The number of carbonyl (C=O) groups excluding carboxylic acids is 3. The van der Waals surface area contributed by atoms with Crippen molar-refractivity contribution in [3.63, 3.8) is 0 Å². The van der Waals surface area contributed by atoms with Gasteiger partial charge < -0.3 is 48.9 Å². The number of hydrogen-bond donors (Lipinski definition) is 3. The molecule has 3 N–H and O–H groups in total. The summed E-state index contributed by atoms with van der Waals surface area (Å²) in [4.78, 5) is 46.9. The van der Waals surface area contributed by atoms with Crippen LogP contribution in [0.5, 0.6) is 5.75 Å². The Kier molecular flexibility index (Phi) is 18.5. The number of nitrogens with one attached hydrogen (secondary N) is 3. The van der Waals surface area contributed by atoms with Crippen molar-refractivity contribution in [3.8, 4) is 17.1 Å². The zero-order valence-electron chi connectivity index (χ0n) is 36.8. The fraction of sp³-hybridized carbons (Fsp3) is 0.522. The summed E-state index contributed by atoms with van der Waals surface area (Å²) in [6, 6.07) is 18.7. The largest absolute Gasteiger partial charge is 0.494 e. The first kappa shape index (κ1) is 47.5. The molecule has 16 heteroatoms. The molecule has 0 radical (unpaired) electrons.